The highest BCUT2D eigenvalue weighted by Gasteiger charge is 2.35. The molecule has 0 aliphatic carbocycles. The molecule has 0 radical (unpaired) electrons. The van der Waals surface area contributed by atoms with Gasteiger partial charge in [-0.3, -0.25) is 9.59 Å². The molecule has 10 nitrogen and oxygen atoms in total. The van der Waals surface area contributed by atoms with Gasteiger partial charge in [-0.1, -0.05) is 25.1 Å². The van der Waals surface area contributed by atoms with Gasteiger partial charge < -0.3 is 20.1 Å². The highest BCUT2D eigenvalue weighted by molar-refractivity contribution is 7.88. The van der Waals surface area contributed by atoms with Gasteiger partial charge in [0.15, 0.2) is 10.8 Å². The van der Waals surface area contributed by atoms with Gasteiger partial charge in [-0.05, 0) is 31.2 Å². The Morgan fingerprint density at radius 1 is 1.30 bits per heavy atom. The first-order valence-electron chi connectivity index (χ1n) is 11.8. The second-order valence-electron chi connectivity index (χ2n) is 9.29. The molecule has 3 aromatic rings. The molecule has 2 aromatic carbocycles. The number of ether oxygens (including phenoxy) is 1. The third kappa shape index (κ3) is 5.77. The number of rotatable bonds is 7. The van der Waals surface area contributed by atoms with Crippen molar-refractivity contribution in [1.82, 2.24) is 14.2 Å². The number of carbonyl (C=O) groups is 2. The Morgan fingerprint density at radius 3 is 2.70 bits per heavy atom. The van der Waals surface area contributed by atoms with Crippen LogP contribution in [0.5, 0.6) is 5.75 Å². The number of para-hydroxylation sites is 2. The molecule has 1 aromatic heterocycles. The number of hydrogen-bond acceptors (Lipinski definition) is 8. The maximum absolute atomic E-state index is 13.6. The first-order valence-corrected chi connectivity index (χ1v) is 14.5. The Balaban J connectivity index is 1.74. The SMILES string of the molecule is C[C@H]1CN([C@@H](C)CO)C(=O)c2cccc(NC(=O)c3nc4ccccc4s3)c2O[C@H]1CN(C)S(C)(=O)=O. The molecule has 0 unspecified atom stereocenters. The van der Waals surface area contributed by atoms with Gasteiger partial charge in [0.2, 0.25) is 10.0 Å². The Labute approximate surface area is 219 Å². The Hall–Kier alpha value is -3.06. The molecule has 2 N–H and O–H groups in total. The van der Waals surface area contributed by atoms with Gasteiger partial charge >= 0.3 is 0 Å². The summed E-state index contributed by atoms with van der Waals surface area (Å²) in [4.78, 5) is 32.7. The van der Waals surface area contributed by atoms with Crippen LogP contribution in [0.4, 0.5) is 5.69 Å². The van der Waals surface area contributed by atoms with E-state index in [-0.39, 0.29) is 53.5 Å². The number of nitrogens with zero attached hydrogens (tertiary/aromatic N) is 3. The molecule has 37 heavy (non-hydrogen) atoms. The number of benzene rings is 2. The van der Waals surface area contributed by atoms with E-state index in [1.54, 1.807) is 30.0 Å². The van der Waals surface area contributed by atoms with Crippen LogP contribution in [0, 0.1) is 5.92 Å². The van der Waals surface area contributed by atoms with E-state index in [0.29, 0.717) is 5.52 Å². The second-order valence-corrected chi connectivity index (χ2v) is 12.4. The van der Waals surface area contributed by atoms with Crippen LogP contribution in [-0.2, 0) is 10.0 Å². The highest BCUT2D eigenvalue weighted by atomic mass is 32.2. The lowest BCUT2D eigenvalue weighted by Gasteiger charge is -2.38. The number of aliphatic hydroxyl groups is 1. The van der Waals surface area contributed by atoms with Crippen LogP contribution >= 0.6 is 11.3 Å². The van der Waals surface area contributed by atoms with Gasteiger partial charge in [-0.2, -0.15) is 0 Å². The molecule has 12 heteroatoms. The molecular formula is C25H30N4O6S2. The zero-order valence-corrected chi connectivity index (χ0v) is 22.7. The van der Waals surface area contributed by atoms with E-state index < -0.39 is 28.1 Å². The summed E-state index contributed by atoms with van der Waals surface area (Å²) < 4.78 is 32.7. The summed E-state index contributed by atoms with van der Waals surface area (Å²) >= 11 is 1.25. The Kier molecular flexibility index (Phi) is 7.83. The summed E-state index contributed by atoms with van der Waals surface area (Å²) in [6, 6.07) is 11.8. The minimum absolute atomic E-state index is 0.0368. The van der Waals surface area contributed by atoms with Crippen molar-refractivity contribution in [3.05, 3.63) is 53.0 Å². The smallest absolute Gasteiger partial charge is 0.284 e. The summed E-state index contributed by atoms with van der Waals surface area (Å²) in [5, 5.41) is 12.9. The number of sulfonamides is 1. The van der Waals surface area contributed by atoms with Gasteiger partial charge in [0.25, 0.3) is 11.8 Å². The van der Waals surface area contributed by atoms with E-state index in [2.05, 4.69) is 10.3 Å². The third-order valence-corrected chi connectivity index (χ3v) is 8.75. The fourth-order valence-corrected chi connectivity index (χ4v) is 5.37. The van der Waals surface area contributed by atoms with Crippen LogP contribution in [0.1, 0.15) is 34.0 Å². The molecule has 1 aliphatic rings. The quantitative estimate of drug-likeness (QED) is 0.466. The van der Waals surface area contributed by atoms with Crippen LogP contribution < -0.4 is 10.1 Å². The number of carbonyl (C=O) groups excluding carboxylic acids is 2. The summed E-state index contributed by atoms with van der Waals surface area (Å²) in [5.74, 6) is -0.945. The lowest BCUT2D eigenvalue weighted by atomic mass is 9.99. The van der Waals surface area contributed by atoms with E-state index in [9.17, 15) is 23.1 Å². The van der Waals surface area contributed by atoms with E-state index >= 15 is 0 Å². The number of fused-ring (bicyclic) bond motifs is 2. The molecule has 1 aliphatic heterocycles. The van der Waals surface area contributed by atoms with Crippen molar-refractivity contribution in [2.45, 2.75) is 26.0 Å². The molecule has 0 bridgehead atoms. The van der Waals surface area contributed by atoms with Crippen LogP contribution in [0.15, 0.2) is 42.5 Å². The Bertz CT molecular complexity index is 1390. The number of hydrogen-bond donors (Lipinski definition) is 2. The zero-order chi connectivity index (χ0) is 26.9. The number of likely N-dealkylation sites (N-methyl/N-ethyl adjacent to an activating group) is 1. The number of aromatic nitrogens is 1. The fourth-order valence-electron chi connectivity index (χ4n) is 4.09. The summed E-state index contributed by atoms with van der Waals surface area (Å²) in [7, 11) is -2.03. The van der Waals surface area contributed by atoms with Gasteiger partial charge in [-0.15, -0.1) is 11.3 Å². The van der Waals surface area contributed by atoms with Crippen molar-refractivity contribution in [2.24, 2.45) is 5.92 Å². The van der Waals surface area contributed by atoms with Gasteiger partial charge in [0, 0.05) is 19.5 Å². The predicted octanol–water partition coefficient (Wildman–Crippen LogP) is 2.66. The monoisotopic (exact) mass is 546 g/mol. The van der Waals surface area contributed by atoms with Crippen molar-refractivity contribution >= 4 is 49.1 Å². The summed E-state index contributed by atoms with van der Waals surface area (Å²) in [6.07, 6.45) is 0.474. The van der Waals surface area contributed by atoms with Gasteiger partial charge in [0.1, 0.15) is 6.10 Å². The van der Waals surface area contributed by atoms with Crippen molar-refractivity contribution in [3.63, 3.8) is 0 Å². The van der Waals surface area contributed by atoms with E-state index in [1.165, 1.54) is 22.7 Å². The fraction of sp³-hybridized carbons (Fsp3) is 0.400. The maximum atomic E-state index is 13.6. The van der Waals surface area contributed by atoms with E-state index in [1.807, 2.05) is 31.2 Å². The van der Waals surface area contributed by atoms with Crippen molar-refractivity contribution < 1.29 is 27.9 Å². The largest absolute Gasteiger partial charge is 0.486 e. The lowest BCUT2D eigenvalue weighted by Crippen LogP contribution is -2.50. The maximum Gasteiger partial charge on any atom is 0.284 e. The minimum atomic E-state index is -3.49. The molecular weight excluding hydrogens is 516 g/mol. The van der Waals surface area contributed by atoms with Gasteiger partial charge in [0.05, 0.1) is 46.9 Å². The number of aliphatic hydroxyl groups excluding tert-OH is 1. The predicted molar refractivity (Wildman–Crippen MR) is 143 cm³/mol. The average molecular weight is 547 g/mol. The molecule has 0 saturated heterocycles. The molecule has 4 rings (SSSR count). The number of nitrogens with one attached hydrogen (secondary N) is 1. The average Bonchev–Trinajstić information content (AvgIpc) is 3.30. The first kappa shape index (κ1) is 27.0. The minimum Gasteiger partial charge on any atom is -0.486 e. The molecule has 3 atom stereocenters. The van der Waals surface area contributed by atoms with Crippen molar-refractivity contribution in [3.8, 4) is 5.75 Å². The first-order chi connectivity index (χ1) is 17.5. The molecule has 2 amide bonds. The third-order valence-electron chi connectivity index (χ3n) is 6.43. The number of anilines is 1. The second kappa shape index (κ2) is 10.7. The lowest BCUT2D eigenvalue weighted by molar-refractivity contribution is 0.0389. The van der Waals surface area contributed by atoms with Gasteiger partial charge in [-0.25, -0.2) is 17.7 Å². The zero-order valence-electron chi connectivity index (χ0n) is 21.0. The van der Waals surface area contributed by atoms with Crippen molar-refractivity contribution in [2.75, 3.05) is 38.3 Å². The van der Waals surface area contributed by atoms with E-state index in [0.717, 1.165) is 11.0 Å². The molecule has 0 spiro atoms. The molecule has 2 heterocycles. The standard InChI is InChI=1S/C25H30N4O6S2/c1-15-12-29(16(2)14-30)25(32)17-8-7-10-19(22(17)35-20(15)13-28(3)37(4,33)34)26-23(31)24-27-18-9-5-6-11-21(18)36-24/h5-11,15-16,20,30H,12-14H2,1-4H3,(H,26,31)/t15-,16-,20-/m0/s1. The molecule has 0 saturated carbocycles. The number of amides is 2. The summed E-state index contributed by atoms with van der Waals surface area (Å²) in [6.45, 7) is 3.65. The van der Waals surface area contributed by atoms with Crippen LogP contribution in [-0.4, -0.2) is 84.7 Å². The normalized spacial score (nSPS) is 19.2. The topological polar surface area (TPSA) is 129 Å². The highest BCUT2D eigenvalue weighted by Crippen LogP contribution is 2.35. The van der Waals surface area contributed by atoms with Crippen LogP contribution in [0.3, 0.4) is 0 Å². The van der Waals surface area contributed by atoms with Crippen LogP contribution in [0.2, 0.25) is 0 Å². The van der Waals surface area contributed by atoms with Crippen LogP contribution in [0.25, 0.3) is 10.2 Å². The summed E-state index contributed by atoms with van der Waals surface area (Å²) in [5.41, 5.74) is 1.19. The Morgan fingerprint density at radius 2 is 2.03 bits per heavy atom. The molecule has 0 fully saturated rings. The van der Waals surface area contributed by atoms with E-state index in [4.69, 9.17) is 4.74 Å². The van der Waals surface area contributed by atoms with Crippen molar-refractivity contribution in [1.29, 1.82) is 0 Å². The molecule has 198 valence electrons. The number of thiazole rings is 1.